The molecule has 0 saturated heterocycles. The van der Waals surface area contributed by atoms with Crippen LogP contribution in [0.15, 0.2) is 36.7 Å². The van der Waals surface area contributed by atoms with Crippen LogP contribution >= 0.6 is 11.6 Å². The van der Waals surface area contributed by atoms with E-state index >= 15 is 0 Å². The average Bonchev–Trinajstić information content (AvgIpc) is 3.31. The number of carbonyl (C=O) groups excluding carboxylic acids is 2. The molecule has 4 N–H and O–H groups in total. The number of aromatic amines is 1. The van der Waals surface area contributed by atoms with Crippen LogP contribution in [0.5, 0.6) is 0 Å². The van der Waals surface area contributed by atoms with E-state index in [9.17, 15) is 9.59 Å². The maximum atomic E-state index is 12.2. The highest BCUT2D eigenvalue weighted by Crippen LogP contribution is 2.24. The van der Waals surface area contributed by atoms with Crippen molar-refractivity contribution in [3.63, 3.8) is 0 Å². The summed E-state index contributed by atoms with van der Waals surface area (Å²) < 4.78 is 1.69. The van der Waals surface area contributed by atoms with Crippen LogP contribution in [0.4, 0.5) is 0 Å². The minimum absolute atomic E-state index is 0.0735. The predicted molar refractivity (Wildman–Crippen MR) is 101 cm³/mol. The second-order valence-electron chi connectivity index (χ2n) is 6.11. The Hall–Kier alpha value is -3.64. The molecular weight excluding hydrogens is 382 g/mol. The molecule has 0 aliphatic rings. The molecule has 3 rings (SSSR count). The van der Waals surface area contributed by atoms with E-state index < -0.39 is 11.8 Å². The van der Waals surface area contributed by atoms with Crippen LogP contribution in [0.3, 0.4) is 0 Å². The van der Waals surface area contributed by atoms with Gasteiger partial charge in [-0.15, -0.1) is 0 Å². The van der Waals surface area contributed by atoms with Crippen molar-refractivity contribution in [2.24, 2.45) is 5.73 Å². The van der Waals surface area contributed by atoms with Crippen molar-refractivity contribution in [2.45, 2.75) is 19.5 Å². The maximum Gasteiger partial charge on any atom is 0.284 e. The molecule has 142 valence electrons. The number of halogens is 1. The van der Waals surface area contributed by atoms with Gasteiger partial charge in [-0.05, 0) is 25.1 Å². The quantitative estimate of drug-likeness (QED) is 0.580. The van der Waals surface area contributed by atoms with E-state index in [1.54, 1.807) is 29.1 Å². The Morgan fingerprint density at radius 2 is 2.21 bits per heavy atom. The molecule has 1 unspecified atom stereocenters. The molecule has 28 heavy (non-hydrogen) atoms. The van der Waals surface area contributed by atoms with Gasteiger partial charge in [0.25, 0.3) is 11.8 Å². The normalized spacial score (nSPS) is 11.6. The molecular formula is C18H16ClN7O2. The van der Waals surface area contributed by atoms with Gasteiger partial charge in [-0.2, -0.15) is 10.4 Å². The highest BCUT2D eigenvalue weighted by molar-refractivity contribution is 6.32. The molecule has 0 aliphatic carbocycles. The molecule has 0 bridgehead atoms. The second-order valence-corrected chi connectivity index (χ2v) is 6.52. The highest BCUT2D eigenvalue weighted by Gasteiger charge is 2.15. The lowest BCUT2D eigenvalue weighted by atomic mass is 10.1. The first kappa shape index (κ1) is 19.1. The second kappa shape index (κ2) is 7.94. The number of nitriles is 1. The molecule has 9 nitrogen and oxygen atoms in total. The highest BCUT2D eigenvalue weighted by atomic mass is 35.5. The Morgan fingerprint density at radius 3 is 2.86 bits per heavy atom. The molecule has 2 amide bonds. The van der Waals surface area contributed by atoms with Crippen molar-refractivity contribution < 1.29 is 9.59 Å². The van der Waals surface area contributed by atoms with Gasteiger partial charge in [0, 0.05) is 17.8 Å². The number of nitrogens with one attached hydrogen (secondary N) is 2. The molecule has 0 saturated carbocycles. The molecule has 1 atom stereocenters. The minimum Gasteiger partial charge on any atom is -0.363 e. The number of nitrogens with two attached hydrogens (primary N) is 1. The fraction of sp³-hybridized carbons (Fsp3) is 0.167. The van der Waals surface area contributed by atoms with E-state index in [0.717, 1.165) is 5.56 Å². The largest absolute Gasteiger partial charge is 0.363 e. The van der Waals surface area contributed by atoms with Gasteiger partial charge in [0.05, 0.1) is 29.0 Å². The number of hydrogen-bond acceptors (Lipinski definition) is 5. The molecule has 2 heterocycles. The van der Waals surface area contributed by atoms with Crippen molar-refractivity contribution >= 4 is 23.4 Å². The van der Waals surface area contributed by atoms with E-state index in [4.69, 9.17) is 22.6 Å². The number of carbonyl (C=O) groups is 2. The standard InChI is InChI=1S/C18H16ClN7O2/c1-10(23-18(28)15-8-22-17(24-15)16(21)27)9-26-5-4-14(25-26)11-2-3-12(7-20)13(19)6-11/h2-6,8,10H,9H2,1H3,(H2,21,27)(H,22,24)(H,23,28). The number of rotatable bonds is 6. The summed E-state index contributed by atoms with van der Waals surface area (Å²) in [6.45, 7) is 2.25. The Bertz CT molecular complexity index is 1080. The zero-order chi connectivity index (χ0) is 20.3. The van der Waals surface area contributed by atoms with Crippen LogP contribution in [0.1, 0.15) is 33.6 Å². The van der Waals surface area contributed by atoms with Gasteiger partial charge in [-0.1, -0.05) is 17.7 Å². The first-order valence-corrected chi connectivity index (χ1v) is 8.64. The molecule has 0 fully saturated rings. The zero-order valence-corrected chi connectivity index (χ0v) is 15.6. The number of amides is 2. The van der Waals surface area contributed by atoms with Crippen molar-refractivity contribution in [1.82, 2.24) is 25.1 Å². The third-order valence-corrected chi connectivity index (χ3v) is 4.23. The predicted octanol–water partition coefficient (Wildman–Crippen LogP) is 1.72. The van der Waals surface area contributed by atoms with Gasteiger partial charge < -0.3 is 16.0 Å². The van der Waals surface area contributed by atoms with Gasteiger partial charge in [-0.3, -0.25) is 14.3 Å². The molecule has 10 heteroatoms. The fourth-order valence-electron chi connectivity index (χ4n) is 2.57. The van der Waals surface area contributed by atoms with Gasteiger partial charge in [0.2, 0.25) is 0 Å². The van der Waals surface area contributed by atoms with E-state index in [1.165, 1.54) is 6.20 Å². The SMILES string of the molecule is CC(Cn1ccc(-c2ccc(C#N)c(Cl)c2)n1)NC(=O)c1cnc(C(N)=O)[nH]1. The van der Waals surface area contributed by atoms with Crippen LogP contribution in [0, 0.1) is 11.3 Å². The van der Waals surface area contributed by atoms with Gasteiger partial charge >= 0.3 is 0 Å². The van der Waals surface area contributed by atoms with E-state index in [2.05, 4.69) is 20.4 Å². The first-order chi connectivity index (χ1) is 13.4. The fourth-order valence-corrected chi connectivity index (χ4v) is 2.79. The lowest BCUT2D eigenvalue weighted by Crippen LogP contribution is -2.36. The monoisotopic (exact) mass is 397 g/mol. The minimum atomic E-state index is -0.737. The number of imidazole rings is 1. The van der Waals surface area contributed by atoms with Gasteiger partial charge in [0.15, 0.2) is 5.82 Å². The van der Waals surface area contributed by atoms with Crippen molar-refractivity contribution in [1.29, 1.82) is 5.26 Å². The number of benzene rings is 1. The summed E-state index contributed by atoms with van der Waals surface area (Å²) >= 11 is 6.07. The van der Waals surface area contributed by atoms with Crippen LogP contribution < -0.4 is 11.1 Å². The first-order valence-electron chi connectivity index (χ1n) is 8.26. The zero-order valence-electron chi connectivity index (χ0n) is 14.8. The Kier molecular flexibility index (Phi) is 5.42. The van der Waals surface area contributed by atoms with E-state index in [-0.39, 0.29) is 17.6 Å². The number of hydrogen-bond donors (Lipinski definition) is 3. The van der Waals surface area contributed by atoms with Crippen LogP contribution in [0.25, 0.3) is 11.3 Å². The maximum absolute atomic E-state index is 12.2. The number of aromatic nitrogens is 4. The molecule has 1 aromatic carbocycles. The summed E-state index contributed by atoms with van der Waals surface area (Å²) in [6.07, 6.45) is 3.04. The third kappa shape index (κ3) is 4.19. The summed E-state index contributed by atoms with van der Waals surface area (Å²) in [5, 5.41) is 16.6. The van der Waals surface area contributed by atoms with E-state index in [0.29, 0.717) is 22.8 Å². The Morgan fingerprint density at radius 1 is 1.43 bits per heavy atom. The molecule has 0 radical (unpaired) electrons. The lowest BCUT2D eigenvalue weighted by molar-refractivity contribution is 0.0931. The van der Waals surface area contributed by atoms with E-state index in [1.807, 2.05) is 19.1 Å². The van der Waals surface area contributed by atoms with Crippen molar-refractivity contribution in [3.05, 3.63) is 58.8 Å². The molecule has 0 aliphatic heterocycles. The summed E-state index contributed by atoms with van der Waals surface area (Å²) in [5.41, 5.74) is 7.14. The summed E-state index contributed by atoms with van der Waals surface area (Å²) in [7, 11) is 0. The smallest absolute Gasteiger partial charge is 0.284 e. The van der Waals surface area contributed by atoms with Crippen LogP contribution in [-0.2, 0) is 6.54 Å². The topological polar surface area (TPSA) is 142 Å². The lowest BCUT2D eigenvalue weighted by Gasteiger charge is -2.13. The summed E-state index contributed by atoms with van der Waals surface area (Å²) in [6, 6.07) is 8.69. The molecule has 0 spiro atoms. The number of H-pyrrole nitrogens is 1. The Balaban J connectivity index is 1.64. The van der Waals surface area contributed by atoms with Crippen molar-refractivity contribution in [2.75, 3.05) is 0 Å². The summed E-state index contributed by atoms with van der Waals surface area (Å²) in [4.78, 5) is 29.5. The average molecular weight is 398 g/mol. The van der Waals surface area contributed by atoms with Crippen LogP contribution in [-0.4, -0.2) is 37.6 Å². The molecule has 3 aromatic rings. The third-order valence-electron chi connectivity index (χ3n) is 3.92. The van der Waals surface area contributed by atoms with Gasteiger partial charge in [-0.25, -0.2) is 4.98 Å². The number of primary amides is 1. The number of nitrogens with zero attached hydrogens (tertiary/aromatic N) is 4. The summed E-state index contributed by atoms with van der Waals surface area (Å²) in [5.74, 6) is -1.21. The van der Waals surface area contributed by atoms with Gasteiger partial charge in [0.1, 0.15) is 11.8 Å². The van der Waals surface area contributed by atoms with Crippen LogP contribution in [0.2, 0.25) is 5.02 Å². The van der Waals surface area contributed by atoms with Crippen molar-refractivity contribution in [3.8, 4) is 17.3 Å². The Labute approximate surface area is 165 Å². The molecule has 2 aromatic heterocycles.